The fourth-order valence-electron chi connectivity index (χ4n) is 2.48. The average molecular weight is 232 g/mol. The van der Waals surface area contributed by atoms with Crippen LogP contribution < -0.4 is 0 Å². The van der Waals surface area contributed by atoms with E-state index in [2.05, 4.69) is 19.7 Å². The van der Waals surface area contributed by atoms with Crippen molar-refractivity contribution >= 4 is 0 Å². The molecule has 0 unspecified atom stereocenters. The third-order valence-corrected chi connectivity index (χ3v) is 3.29. The van der Waals surface area contributed by atoms with Crippen LogP contribution in [0.3, 0.4) is 0 Å². The second-order valence-electron chi connectivity index (χ2n) is 4.58. The van der Waals surface area contributed by atoms with Gasteiger partial charge in [0.15, 0.2) is 5.82 Å². The van der Waals surface area contributed by atoms with Gasteiger partial charge in [-0.25, -0.2) is 4.98 Å². The Morgan fingerprint density at radius 2 is 2.00 bits per heavy atom. The Morgan fingerprint density at radius 3 is 2.76 bits per heavy atom. The number of hydrogen-bond donors (Lipinski definition) is 0. The molecule has 0 bridgehead atoms. The van der Waals surface area contributed by atoms with Gasteiger partial charge in [-0.1, -0.05) is 5.16 Å². The first-order chi connectivity index (χ1) is 8.24. The first-order valence-corrected chi connectivity index (χ1v) is 6.08. The average Bonchev–Trinajstić information content (AvgIpc) is 2.85. The summed E-state index contributed by atoms with van der Waals surface area (Å²) in [7, 11) is 0. The van der Waals surface area contributed by atoms with Crippen LogP contribution in [0.15, 0.2) is 4.52 Å². The molecular formula is C12H16N4O. The molecule has 3 rings (SSSR count). The van der Waals surface area contributed by atoms with Gasteiger partial charge in [-0.15, -0.1) is 0 Å². The van der Waals surface area contributed by atoms with Crippen LogP contribution in [0.1, 0.15) is 41.8 Å². The van der Waals surface area contributed by atoms with Gasteiger partial charge < -0.3 is 9.09 Å². The summed E-state index contributed by atoms with van der Waals surface area (Å²) in [5, 5.41) is 3.82. The molecule has 1 aliphatic carbocycles. The van der Waals surface area contributed by atoms with Gasteiger partial charge in [-0.2, -0.15) is 4.98 Å². The number of rotatable bonds is 2. The van der Waals surface area contributed by atoms with E-state index in [1.54, 1.807) is 0 Å². The lowest BCUT2D eigenvalue weighted by Crippen LogP contribution is -2.10. The van der Waals surface area contributed by atoms with Gasteiger partial charge in [0.25, 0.3) is 0 Å². The van der Waals surface area contributed by atoms with Crippen molar-refractivity contribution in [1.29, 1.82) is 0 Å². The Balaban J connectivity index is 1.94. The molecule has 0 N–H and O–H groups in total. The zero-order chi connectivity index (χ0) is 11.8. The van der Waals surface area contributed by atoms with Crippen LogP contribution in [0, 0.1) is 13.8 Å². The highest BCUT2D eigenvalue weighted by Crippen LogP contribution is 2.22. The van der Waals surface area contributed by atoms with Crippen molar-refractivity contribution in [3.05, 3.63) is 28.9 Å². The molecule has 0 aliphatic heterocycles. The van der Waals surface area contributed by atoms with Crippen molar-refractivity contribution in [2.24, 2.45) is 0 Å². The maximum Gasteiger partial charge on any atom is 0.246 e. The van der Waals surface area contributed by atoms with E-state index in [9.17, 15) is 0 Å². The molecule has 0 radical (unpaired) electrons. The predicted molar refractivity (Wildman–Crippen MR) is 61.7 cm³/mol. The summed E-state index contributed by atoms with van der Waals surface area (Å²) in [6, 6.07) is 0. The Kier molecular flexibility index (Phi) is 2.46. The lowest BCUT2D eigenvalue weighted by Gasteiger charge is -2.13. The quantitative estimate of drug-likeness (QED) is 0.792. The second-order valence-corrected chi connectivity index (χ2v) is 4.58. The first kappa shape index (κ1) is 10.5. The highest BCUT2D eigenvalue weighted by Gasteiger charge is 2.19. The number of hydrogen-bond acceptors (Lipinski definition) is 4. The summed E-state index contributed by atoms with van der Waals surface area (Å²) in [4.78, 5) is 8.88. The molecule has 2 aromatic rings. The van der Waals surface area contributed by atoms with E-state index in [-0.39, 0.29) is 0 Å². The number of nitrogens with zero attached hydrogens (tertiary/aromatic N) is 4. The largest absolute Gasteiger partial charge is 0.337 e. The third kappa shape index (κ3) is 1.85. The standard InChI is InChI=1S/C12H16N4O/c1-8-13-12(17-15-8)7-16-9(2)14-10-5-3-4-6-11(10)16/h3-7H2,1-2H3. The molecule has 5 heteroatoms. The van der Waals surface area contributed by atoms with Crippen LogP contribution in [0.25, 0.3) is 0 Å². The van der Waals surface area contributed by atoms with E-state index in [1.807, 2.05) is 13.8 Å². The van der Waals surface area contributed by atoms with Crippen LogP contribution in [-0.4, -0.2) is 19.7 Å². The van der Waals surface area contributed by atoms with Crippen molar-refractivity contribution < 1.29 is 4.52 Å². The van der Waals surface area contributed by atoms with E-state index in [0.717, 1.165) is 18.7 Å². The summed E-state index contributed by atoms with van der Waals surface area (Å²) >= 11 is 0. The summed E-state index contributed by atoms with van der Waals surface area (Å²) < 4.78 is 7.38. The van der Waals surface area contributed by atoms with Crippen LogP contribution in [0.5, 0.6) is 0 Å². The normalized spacial score (nSPS) is 14.9. The fourth-order valence-corrected chi connectivity index (χ4v) is 2.48. The molecule has 1 aliphatic rings. The minimum Gasteiger partial charge on any atom is -0.337 e. The van der Waals surface area contributed by atoms with Crippen LogP contribution in [0.2, 0.25) is 0 Å². The fraction of sp³-hybridized carbons (Fsp3) is 0.583. The zero-order valence-corrected chi connectivity index (χ0v) is 10.2. The lowest BCUT2D eigenvalue weighted by molar-refractivity contribution is 0.365. The molecular weight excluding hydrogens is 216 g/mol. The SMILES string of the molecule is Cc1noc(Cn2c(C)nc3c2CCCC3)n1. The maximum absolute atomic E-state index is 5.17. The molecule has 0 amide bonds. The predicted octanol–water partition coefficient (Wildman–Crippen LogP) is 1.81. The Hall–Kier alpha value is -1.65. The Bertz CT molecular complexity index is 541. The molecule has 90 valence electrons. The molecule has 2 aromatic heterocycles. The molecule has 0 saturated heterocycles. The minimum atomic E-state index is 0.648. The second kappa shape index (κ2) is 3.98. The zero-order valence-electron chi connectivity index (χ0n) is 10.2. The number of aryl methyl sites for hydroxylation is 3. The molecule has 0 atom stereocenters. The van der Waals surface area contributed by atoms with Crippen LogP contribution in [-0.2, 0) is 19.4 Å². The van der Waals surface area contributed by atoms with E-state index >= 15 is 0 Å². The number of imidazole rings is 1. The van der Waals surface area contributed by atoms with Crippen molar-refractivity contribution in [2.45, 2.75) is 46.1 Å². The van der Waals surface area contributed by atoms with Gasteiger partial charge >= 0.3 is 0 Å². The van der Waals surface area contributed by atoms with Gasteiger partial charge in [0.2, 0.25) is 5.89 Å². The lowest BCUT2D eigenvalue weighted by atomic mass is 10.0. The van der Waals surface area contributed by atoms with E-state index in [0.29, 0.717) is 18.3 Å². The molecule has 5 nitrogen and oxygen atoms in total. The summed E-state index contributed by atoms with van der Waals surface area (Å²) in [5.41, 5.74) is 2.61. The molecule has 0 fully saturated rings. The van der Waals surface area contributed by atoms with Gasteiger partial charge in [0.05, 0.1) is 5.69 Å². The van der Waals surface area contributed by atoms with Gasteiger partial charge in [0.1, 0.15) is 12.4 Å². The van der Waals surface area contributed by atoms with E-state index < -0.39 is 0 Å². The van der Waals surface area contributed by atoms with Crippen LogP contribution >= 0.6 is 0 Å². The van der Waals surface area contributed by atoms with Crippen LogP contribution in [0.4, 0.5) is 0 Å². The highest BCUT2D eigenvalue weighted by molar-refractivity contribution is 5.20. The van der Waals surface area contributed by atoms with Crippen molar-refractivity contribution in [2.75, 3.05) is 0 Å². The third-order valence-electron chi connectivity index (χ3n) is 3.29. The molecule has 0 spiro atoms. The van der Waals surface area contributed by atoms with Gasteiger partial charge in [-0.3, -0.25) is 0 Å². The van der Waals surface area contributed by atoms with Gasteiger partial charge in [-0.05, 0) is 39.5 Å². The van der Waals surface area contributed by atoms with Crippen molar-refractivity contribution in [3.63, 3.8) is 0 Å². The Labute approximate surface area is 99.9 Å². The highest BCUT2D eigenvalue weighted by atomic mass is 16.5. The van der Waals surface area contributed by atoms with Crippen molar-refractivity contribution in [1.82, 2.24) is 19.7 Å². The smallest absolute Gasteiger partial charge is 0.246 e. The number of aromatic nitrogens is 4. The summed E-state index contributed by atoms with van der Waals surface area (Å²) in [6.07, 6.45) is 4.72. The summed E-state index contributed by atoms with van der Waals surface area (Å²) in [5.74, 6) is 2.40. The summed E-state index contributed by atoms with van der Waals surface area (Å²) in [6.45, 7) is 4.53. The molecule has 17 heavy (non-hydrogen) atoms. The van der Waals surface area contributed by atoms with Gasteiger partial charge in [0, 0.05) is 5.69 Å². The number of fused-ring (bicyclic) bond motifs is 1. The van der Waals surface area contributed by atoms with E-state index in [1.165, 1.54) is 24.2 Å². The van der Waals surface area contributed by atoms with Crippen molar-refractivity contribution in [3.8, 4) is 0 Å². The topological polar surface area (TPSA) is 56.7 Å². The van der Waals surface area contributed by atoms with E-state index in [4.69, 9.17) is 4.52 Å². The Morgan fingerprint density at radius 1 is 1.18 bits per heavy atom. The minimum absolute atomic E-state index is 0.648. The first-order valence-electron chi connectivity index (χ1n) is 6.08. The molecule has 2 heterocycles. The maximum atomic E-state index is 5.17. The molecule has 0 aromatic carbocycles. The molecule has 0 saturated carbocycles. The monoisotopic (exact) mass is 232 g/mol.